The standard InChI is InChI=1S/C25H26N2O7S/c1-5-27(18-11-7-6-8-12-18)35(30,31)19-13-9-10-17(14-19)24(28)26-21-16-23(33-3)22(32-2)15-20(21)25(29)34-4/h6-16H,5H2,1-4H3,(H,26,28). The lowest BCUT2D eigenvalue weighted by Gasteiger charge is -2.23. The maximum atomic E-state index is 13.3. The minimum Gasteiger partial charge on any atom is -0.493 e. The quantitative estimate of drug-likeness (QED) is 0.445. The maximum absolute atomic E-state index is 13.3. The second-order valence-electron chi connectivity index (χ2n) is 7.23. The van der Waals surface area contributed by atoms with Crippen LogP contribution >= 0.6 is 0 Å². The van der Waals surface area contributed by atoms with Gasteiger partial charge >= 0.3 is 5.97 Å². The number of para-hydroxylation sites is 1. The third kappa shape index (κ3) is 5.38. The summed E-state index contributed by atoms with van der Waals surface area (Å²) < 4.78 is 43.2. The van der Waals surface area contributed by atoms with Crippen LogP contribution < -0.4 is 19.1 Å². The Morgan fingerprint density at radius 3 is 2.14 bits per heavy atom. The first-order valence-electron chi connectivity index (χ1n) is 10.6. The van der Waals surface area contributed by atoms with Crippen molar-refractivity contribution >= 4 is 33.3 Å². The lowest BCUT2D eigenvalue weighted by Crippen LogP contribution is -2.31. The number of carbonyl (C=O) groups excluding carboxylic acids is 2. The lowest BCUT2D eigenvalue weighted by atomic mass is 10.1. The zero-order valence-corrected chi connectivity index (χ0v) is 20.6. The summed E-state index contributed by atoms with van der Waals surface area (Å²) in [7, 11) is 0.111. The number of nitrogens with zero attached hydrogens (tertiary/aromatic N) is 1. The molecular weight excluding hydrogens is 472 g/mol. The monoisotopic (exact) mass is 498 g/mol. The van der Waals surface area contributed by atoms with E-state index in [9.17, 15) is 18.0 Å². The number of nitrogens with one attached hydrogen (secondary N) is 1. The molecule has 1 amide bonds. The van der Waals surface area contributed by atoms with E-state index < -0.39 is 21.9 Å². The molecule has 0 radical (unpaired) electrons. The molecule has 0 aromatic heterocycles. The Morgan fingerprint density at radius 2 is 1.54 bits per heavy atom. The van der Waals surface area contributed by atoms with Crippen LogP contribution in [0.4, 0.5) is 11.4 Å². The Kier molecular flexibility index (Phi) is 7.98. The van der Waals surface area contributed by atoms with Crippen molar-refractivity contribution < 1.29 is 32.2 Å². The topological polar surface area (TPSA) is 111 Å². The number of methoxy groups -OCH3 is 3. The second-order valence-corrected chi connectivity index (χ2v) is 9.09. The Morgan fingerprint density at radius 1 is 0.886 bits per heavy atom. The molecular formula is C25H26N2O7S. The molecule has 0 aliphatic heterocycles. The minimum atomic E-state index is -3.94. The van der Waals surface area contributed by atoms with Crippen molar-refractivity contribution in [1.29, 1.82) is 0 Å². The van der Waals surface area contributed by atoms with Crippen LogP contribution in [0.25, 0.3) is 0 Å². The van der Waals surface area contributed by atoms with Crippen LogP contribution in [0.5, 0.6) is 11.5 Å². The van der Waals surface area contributed by atoms with Gasteiger partial charge in [0.1, 0.15) is 0 Å². The van der Waals surface area contributed by atoms with Gasteiger partial charge in [-0.3, -0.25) is 9.10 Å². The van der Waals surface area contributed by atoms with E-state index in [4.69, 9.17) is 14.2 Å². The SMILES string of the molecule is CCN(c1ccccc1)S(=O)(=O)c1cccc(C(=O)Nc2cc(OC)c(OC)cc2C(=O)OC)c1. The number of hydrogen-bond acceptors (Lipinski definition) is 7. The van der Waals surface area contributed by atoms with Gasteiger partial charge in [0.2, 0.25) is 0 Å². The highest BCUT2D eigenvalue weighted by Crippen LogP contribution is 2.34. The predicted molar refractivity (Wildman–Crippen MR) is 132 cm³/mol. The summed E-state index contributed by atoms with van der Waals surface area (Å²) in [4.78, 5) is 25.3. The molecule has 0 atom stereocenters. The molecule has 3 aromatic rings. The van der Waals surface area contributed by atoms with Gasteiger partial charge in [-0.05, 0) is 37.3 Å². The number of benzene rings is 3. The van der Waals surface area contributed by atoms with E-state index in [1.54, 1.807) is 37.3 Å². The minimum absolute atomic E-state index is 0.0449. The molecule has 0 fully saturated rings. The maximum Gasteiger partial charge on any atom is 0.340 e. The third-order valence-electron chi connectivity index (χ3n) is 5.19. The normalized spacial score (nSPS) is 10.9. The van der Waals surface area contributed by atoms with Gasteiger partial charge in [-0.15, -0.1) is 0 Å². The zero-order chi connectivity index (χ0) is 25.6. The molecule has 0 saturated carbocycles. The number of rotatable bonds is 9. The van der Waals surface area contributed by atoms with Crippen LogP contribution in [0, 0.1) is 0 Å². The molecule has 35 heavy (non-hydrogen) atoms. The molecule has 0 heterocycles. The molecule has 0 aliphatic rings. The number of esters is 1. The first-order valence-corrected chi connectivity index (χ1v) is 12.0. The molecule has 0 aliphatic carbocycles. The van der Waals surface area contributed by atoms with Crippen molar-refractivity contribution in [2.75, 3.05) is 37.5 Å². The van der Waals surface area contributed by atoms with E-state index in [0.717, 1.165) is 0 Å². The van der Waals surface area contributed by atoms with Gasteiger partial charge in [0.25, 0.3) is 15.9 Å². The fourth-order valence-corrected chi connectivity index (χ4v) is 4.99. The number of anilines is 2. The van der Waals surface area contributed by atoms with Crippen LogP contribution in [-0.2, 0) is 14.8 Å². The van der Waals surface area contributed by atoms with E-state index in [1.807, 2.05) is 0 Å². The van der Waals surface area contributed by atoms with E-state index in [1.165, 1.54) is 62.0 Å². The average Bonchev–Trinajstić information content (AvgIpc) is 2.88. The summed E-state index contributed by atoms with van der Waals surface area (Å²) in [6.07, 6.45) is 0. The molecule has 3 rings (SSSR count). The van der Waals surface area contributed by atoms with E-state index >= 15 is 0 Å². The summed E-state index contributed by atoms with van der Waals surface area (Å²) in [5.41, 5.74) is 0.759. The van der Waals surface area contributed by atoms with Crippen LogP contribution in [-0.4, -0.2) is 48.2 Å². The number of hydrogen-bond donors (Lipinski definition) is 1. The van der Waals surface area contributed by atoms with Crippen LogP contribution in [0.1, 0.15) is 27.6 Å². The fraction of sp³-hybridized carbons (Fsp3) is 0.200. The molecule has 184 valence electrons. The van der Waals surface area contributed by atoms with Gasteiger partial charge in [-0.25, -0.2) is 13.2 Å². The van der Waals surface area contributed by atoms with Crippen LogP contribution in [0.15, 0.2) is 71.6 Å². The van der Waals surface area contributed by atoms with Crippen molar-refractivity contribution in [3.63, 3.8) is 0 Å². The van der Waals surface area contributed by atoms with Crippen molar-refractivity contribution in [2.45, 2.75) is 11.8 Å². The molecule has 0 unspecified atom stereocenters. The van der Waals surface area contributed by atoms with Gasteiger partial charge in [0, 0.05) is 24.2 Å². The number of carbonyl (C=O) groups is 2. The Labute approximate surface area is 204 Å². The lowest BCUT2D eigenvalue weighted by molar-refractivity contribution is 0.0601. The summed E-state index contributed by atoms with van der Waals surface area (Å²) >= 11 is 0. The molecule has 9 nitrogen and oxygen atoms in total. The van der Waals surface area contributed by atoms with E-state index in [0.29, 0.717) is 5.69 Å². The van der Waals surface area contributed by atoms with Gasteiger partial charge in [0.05, 0.1) is 43.2 Å². The van der Waals surface area contributed by atoms with Crippen LogP contribution in [0.3, 0.4) is 0 Å². The second kappa shape index (κ2) is 10.9. The van der Waals surface area contributed by atoms with Gasteiger partial charge in [-0.1, -0.05) is 24.3 Å². The van der Waals surface area contributed by atoms with Crippen LogP contribution in [0.2, 0.25) is 0 Å². The number of amides is 1. The Bertz CT molecular complexity index is 1320. The summed E-state index contributed by atoms with van der Waals surface area (Å²) in [5, 5.41) is 2.64. The molecule has 0 saturated heterocycles. The zero-order valence-electron chi connectivity index (χ0n) is 19.8. The van der Waals surface area contributed by atoms with Crippen molar-refractivity contribution in [1.82, 2.24) is 0 Å². The molecule has 10 heteroatoms. The smallest absolute Gasteiger partial charge is 0.340 e. The molecule has 0 spiro atoms. The highest BCUT2D eigenvalue weighted by molar-refractivity contribution is 7.92. The first-order chi connectivity index (χ1) is 16.8. The number of ether oxygens (including phenoxy) is 3. The highest BCUT2D eigenvalue weighted by atomic mass is 32.2. The van der Waals surface area contributed by atoms with E-state index in [-0.39, 0.29) is 39.8 Å². The van der Waals surface area contributed by atoms with Crippen molar-refractivity contribution in [3.05, 3.63) is 77.9 Å². The van der Waals surface area contributed by atoms with E-state index in [2.05, 4.69) is 5.32 Å². The van der Waals surface area contributed by atoms with Gasteiger partial charge < -0.3 is 19.5 Å². The molecule has 1 N–H and O–H groups in total. The van der Waals surface area contributed by atoms with Crippen molar-refractivity contribution in [2.24, 2.45) is 0 Å². The highest BCUT2D eigenvalue weighted by Gasteiger charge is 2.25. The first kappa shape index (κ1) is 25.6. The Hall–Kier alpha value is -4.05. The van der Waals surface area contributed by atoms with Gasteiger partial charge in [0.15, 0.2) is 11.5 Å². The predicted octanol–water partition coefficient (Wildman–Crippen LogP) is 3.96. The van der Waals surface area contributed by atoms with Crippen molar-refractivity contribution in [3.8, 4) is 11.5 Å². The summed E-state index contributed by atoms with van der Waals surface area (Å²) in [6.45, 7) is 1.93. The molecule has 0 bridgehead atoms. The Balaban J connectivity index is 1.97. The fourth-order valence-electron chi connectivity index (χ4n) is 3.47. The van der Waals surface area contributed by atoms with Gasteiger partial charge in [-0.2, -0.15) is 0 Å². The number of sulfonamides is 1. The third-order valence-corrected chi connectivity index (χ3v) is 7.09. The molecule has 3 aromatic carbocycles. The summed E-state index contributed by atoms with van der Waals surface area (Å²) in [5.74, 6) is -0.756. The largest absolute Gasteiger partial charge is 0.493 e. The average molecular weight is 499 g/mol. The summed E-state index contributed by atoms with van der Waals surface area (Å²) in [6, 6.07) is 17.2.